The number of ketones is 1. The van der Waals surface area contributed by atoms with Gasteiger partial charge in [0.1, 0.15) is 5.76 Å². The summed E-state index contributed by atoms with van der Waals surface area (Å²) >= 11 is 0. The summed E-state index contributed by atoms with van der Waals surface area (Å²) in [6.07, 6.45) is 2.50. The number of methoxy groups -OCH3 is 2. The largest absolute Gasteiger partial charge is 0.506 e. The molecule has 0 saturated carbocycles. The second-order valence-electron chi connectivity index (χ2n) is 18.8. The summed E-state index contributed by atoms with van der Waals surface area (Å²) in [6.45, 7) is 6.42. The SMILES string of the molecule is COCCOCCOCCOCCOCCN1c2ccc(S(=O)(=O)O)cc2C(C)(CCCS(=O)(=O)O)C1/C=C1\C(=O)C(/C=C2/N(CCCC(=O)ON3C(=O)CCC3=O)c3ccc(S(=O)(=O)O)cc3C2(C)CCOC)=C1O. The van der Waals surface area contributed by atoms with Crippen molar-refractivity contribution in [1.82, 2.24) is 5.06 Å². The van der Waals surface area contributed by atoms with Crippen molar-refractivity contribution in [1.29, 1.82) is 0 Å². The zero-order chi connectivity index (χ0) is 55.6. The van der Waals surface area contributed by atoms with E-state index in [9.17, 15) is 63.2 Å². The maximum atomic E-state index is 14.6. The highest BCUT2D eigenvalue weighted by Crippen LogP contribution is 2.53. The predicted molar refractivity (Wildman–Crippen MR) is 270 cm³/mol. The van der Waals surface area contributed by atoms with E-state index in [1.807, 2.05) is 0 Å². The number of ether oxygens (including phenoxy) is 6. The van der Waals surface area contributed by atoms with Gasteiger partial charge in [-0.15, -0.1) is 5.06 Å². The fourth-order valence-electron chi connectivity index (χ4n) is 9.72. The molecular weight excluding hydrogens is 1060 g/mol. The molecule has 6 rings (SSSR count). The molecule has 2 aromatic rings. The summed E-state index contributed by atoms with van der Waals surface area (Å²) in [5, 5.41) is 12.4. The number of amides is 2. The van der Waals surface area contributed by atoms with Gasteiger partial charge in [0.05, 0.1) is 92.2 Å². The fourth-order valence-corrected chi connectivity index (χ4v) is 11.2. The summed E-state index contributed by atoms with van der Waals surface area (Å²) in [5.41, 5.74) is -0.763. The Bertz CT molecular complexity index is 2930. The third-order valence-electron chi connectivity index (χ3n) is 13.7. The highest BCUT2D eigenvalue weighted by molar-refractivity contribution is 7.86. The van der Waals surface area contributed by atoms with Crippen molar-refractivity contribution >= 4 is 65.3 Å². The topological polar surface area (TPSA) is 326 Å². The number of fused-ring (bicyclic) bond motifs is 2. The number of hydrogen-bond donors (Lipinski definition) is 4. The number of nitrogens with zero attached hydrogens (tertiary/aromatic N) is 3. The Morgan fingerprint density at radius 2 is 1.24 bits per heavy atom. The van der Waals surface area contributed by atoms with Crippen LogP contribution in [0.3, 0.4) is 0 Å². The van der Waals surface area contributed by atoms with E-state index in [0.29, 0.717) is 66.3 Å². The van der Waals surface area contributed by atoms with Crippen LogP contribution < -0.4 is 9.80 Å². The van der Waals surface area contributed by atoms with Crippen molar-refractivity contribution in [2.24, 2.45) is 0 Å². The first-order chi connectivity index (χ1) is 35.9. The van der Waals surface area contributed by atoms with Gasteiger partial charge in [-0.2, -0.15) is 25.3 Å². The van der Waals surface area contributed by atoms with Gasteiger partial charge in [-0.3, -0.25) is 28.0 Å². The number of aliphatic hydroxyl groups is 1. The Balaban J connectivity index is 1.32. The van der Waals surface area contributed by atoms with Gasteiger partial charge in [0.2, 0.25) is 0 Å². The second kappa shape index (κ2) is 25.5. The molecule has 0 radical (unpaired) electrons. The molecule has 4 N–H and O–H groups in total. The highest BCUT2D eigenvalue weighted by Gasteiger charge is 2.50. The van der Waals surface area contributed by atoms with Crippen LogP contribution in [0.4, 0.5) is 11.4 Å². The summed E-state index contributed by atoms with van der Waals surface area (Å²) in [7, 11) is -10.9. The number of aliphatic hydroxyl groups excluding tert-OH is 1. The van der Waals surface area contributed by atoms with Crippen molar-refractivity contribution in [2.75, 3.05) is 109 Å². The molecule has 3 unspecified atom stereocenters. The molecule has 3 aliphatic heterocycles. The molecule has 0 bridgehead atoms. The van der Waals surface area contributed by atoms with Crippen LogP contribution in [0.5, 0.6) is 0 Å². The van der Waals surface area contributed by atoms with Crippen LogP contribution in [-0.2, 0) is 93.6 Å². The molecule has 24 nitrogen and oxygen atoms in total. The van der Waals surface area contributed by atoms with Gasteiger partial charge in [-0.05, 0) is 92.3 Å². The quantitative estimate of drug-likeness (QED) is 0.0364. The van der Waals surface area contributed by atoms with E-state index in [1.165, 1.54) is 55.7 Å². The van der Waals surface area contributed by atoms with Crippen LogP contribution in [0.1, 0.15) is 69.9 Å². The van der Waals surface area contributed by atoms with Crippen LogP contribution in [0, 0.1) is 0 Å². The van der Waals surface area contributed by atoms with E-state index >= 15 is 0 Å². The number of hydrogen-bond acceptors (Lipinski definition) is 20. The summed E-state index contributed by atoms with van der Waals surface area (Å²) in [5.74, 6) is -3.97. The van der Waals surface area contributed by atoms with Crippen molar-refractivity contribution in [3.63, 3.8) is 0 Å². The van der Waals surface area contributed by atoms with Crippen LogP contribution >= 0.6 is 0 Å². The number of carbonyl (C=O) groups is 4. The van der Waals surface area contributed by atoms with Gasteiger partial charge < -0.3 is 48.2 Å². The number of imide groups is 1. The van der Waals surface area contributed by atoms with Gasteiger partial charge in [0.15, 0.2) is 5.78 Å². The van der Waals surface area contributed by atoms with E-state index in [-0.39, 0.29) is 102 Å². The maximum absolute atomic E-state index is 14.6. The molecule has 0 spiro atoms. The molecule has 1 fully saturated rings. The number of anilines is 2. The van der Waals surface area contributed by atoms with Crippen LogP contribution in [0.25, 0.3) is 0 Å². The Morgan fingerprint density at radius 1 is 0.697 bits per heavy atom. The number of Topliss-reactive ketones (excluding diaryl/α,β-unsaturated/α-hetero) is 1. The molecule has 27 heteroatoms. The van der Waals surface area contributed by atoms with Crippen LogP contribution in [-0.4, -0.2) is 178 Å². The number of hydroxylamine groups is 2. The van der Waals surface area contributed by atoms with E-state index in [0.717, 1.165) is 0 Å². The second-order valence-corrected chi connectivity index (χ2v) is 23.2. The average Bonchev–Trinajstić information content (AvgIpc) is 3.89. The number of benzene rings is 2. The smallest absolute Gasteiger partial charge is 0.333 e. The zero-order valence-corrected chi connectivity index (χ0v) is 45.1. The molecule has 3 atom stereocenters. The Labute approximate surface area is 441 Å². The van der Waals surface area contributed by atoms with Gasteiger partial charge in [0, 0.05) is 81.1 Å². The minimum absolute atomic E-state index is 0.0138. The van der Waals surface area contributed by atoms with Crippen molar-refractivity contribution in [3.8, 4) is 0 Å². The first-order valence-electron chi connectivity index (χ1n) is 24.4. The van der Waals surface area contributed by atoms with Crippen LogP contribution in [0.2, 0.25) is 0 Å². The average molecular weight is 1130 g/mol. The first-order valence-corrected chi connectivity index (χ1v) is 28.9. The van der Waals surface area contributed by atoms with E-state index in [2.05, 4.69) is 0 Å². The number of carbonyl (C=O) groups excluding carboxylic acids is 4. The molecule has 420 valence electrons. The molecule has 3 heterocycles. The van der Waals surface area contributed by atoms with Crippen LogP contribution in [0.15, 0.2) is 80.9 Å². The number of allylic oxidation sites excluding steroid dienone is 4. The summed E-state index contributed by atoms with van der Waals surface area (Å²) < 4.78 is 136. The lowest BCUT2D eigenvalue weighted by atomic mass is 9.72. The summed E-state index contributed by atoms with van der Waals surface area (Å²) in [6, 6.07) is 6.91. The molecule has 2 amide bonds. The fraction of sp³-hybridized carbons (Fsp3) is 0.551. The standard InChI is InChI=1S/C49H65N3O21S3/c1-48(14-6-28-74(58,59)60)37-29-33(75(61,62)63)9-11-40(37)51(17-19-69-22-23-71-26-27-72-25-24-70-21-20-68-4)41(48)31-35-46(56)36(47(35)57)32-42-49(2,15-18-67-3)38-30-34(76(64,65)66)8-10-39(38)50(42)16-5-7-45(55)73-52-43(53)12-13-44(52)54/h8-11,29-32,41,56H,5-7,12-28H2,1-4H3,(H,58,59,60)(H,61,62,63)(H,64,65,66)/b35-31-,42-32+. The molecule has 0 aromatic heterocycles. The van der Waals surface area contributed by atoms with E-state index in [4.69, 9.17) is 33.3 Å². The predicted octanol–water partition coefficient (Wildman–Crippen LogP) is 3.41. The lowest BCUT2D eigenvalue weighted by Gasteiger charge is -2.37. The lowest BCUT2D eigenvalue weighted by molar-refractivity contribution is -0.197. The Hall–Kier alpha value is -5.17. The molecule has 2 aromatic carbocycles. The Kier molecular flexibility index (Phi) is 20.2. The molecule has 1 saturated heterocycles. The van der Waals surface area contributed by atoms with Crippen molar-refractivity contribution in [2.45, 2.75) is 85.5 Å². The third-order valence-corrected chi connectivity index (χ3v) is 16.2. The van der Waals surface area contributed by atoms with Gasteiger partial charge in [-0.1, -0.05) is 6.92 Å². The van der Waals surface area contributed by atoms with Gasteiger partial charge in [-0.25, -0.2) is 4.79 Å². The number of rotatable bonds is 31. The molecule has 1 aliphatic carbocycles. The zero-order valence-electron chi connectivity index (χ0n) is 42.6. The summed E-state index contributed by atoms with van der Waals surface area (Å²) in [4.78, 5) is 59.4. The minimum atomic E-state index is -4.76. The Morgan fingerprint density at radius 3 is 1.78 bits per heavy atom. The van der Waals surface area contributed by atoms with Gasteiger partial charge >= 0.3 is 5.97 Å². The van der Waals surface area contributed by atoms with Crippen molar-refractivity contribution in [3.05, 3.63) is 82.3 Å². The highest BCUT2D eigenvalue weighted by atomic mass is 32.2. The molecule has 4 aliphatic rings. The van der Waals surface area contributed by atoms with Gasteiger partial charge in [0.25, 0.3) is 42.2 Å². The first kappa shape index (κ1) is 60.1. The molecule has 76 heavy (non-hydrogen) atoms. The monoisotopic (exact) mass is 1130 g/mol. The third kappa shape index (κ3) is 14.3. The van der Waals surface area contributed by atoms with E-state index in [1.54, 1.807) is 30.8 Å². The lowest BCUT2D eigenvalue weighted by Crippen LogP contribution is -2.44. The minimum Gasteiger partial charge on any atom is -0.506 e. The maximum Gasteiger partial charge on any atom is 0.333 e. The van der Waals surface area contributed by atoms with E-state index < -0.39 is 92.1 Å². The van der Waals surface area contributed by atoms with Crippen molar-refractivity contribution < 1.29 is 96.5 Å². The normalized spacial score (nSPS) is 21.9. The molecular formula is C49H65N3O21S3.